The lowest BCUT2D eigenvalue weighted by molar-refractivity contribution is -0.124. The fraction of sp³-hybridized carbons (Fsp3) is 0.667. The molecular weight excluding hydrogens is 432 g/mol. The molecule has 0 spiro atoms. The van der Waals surface area contributed by atoms with Crippen LogP contribution in [0.4, 0.5) is 5.69 Å². The zero-order valence-electron chi connectivity index (χ0n) is 19.9. The highest BCUT2D eigenvalue weighted by Crippen LogP contribution is 2.44. The lowest BCUT2D eigenvalue weighted by atomic mass is 9.74. The van der Waals surface area contributed by atoms with Gasteiger partial charge in [0.2, 0.25) is 5.91 Å². The van der Waals surface area contributed by atoms with E-state index in [1.807, 2.05) is 17.9 Å². The van der Waals surface area contributed by atoms with Gasteiger partial charge in [0.05, 0.1) is 17.2 Å². The number of allylic oxidation sites excluding steroid dienone is 2. The van der Waals surface area contributed by atoms with Crippen molar-refractivity contribution in [3.63, 3.8) is 0 Å². The molecule has 1 aromatic heterocycles. The number of rotatable bonds is 5. The molecule has 5 nitrogen and oxygen atoms in total. The number of nitriles is 1. The van der Waals surface area contributed by atoms with Gasteiger partial charge in [-0.1, -0.05) is 13.0 Å². The van der Waals surface area contributed by atoms with Gasteiger partial charge in [-0.15, -0.1) is 11.3 Å². The molecule has 0 aliphatic heterocycles. The van der Waals surface area contributed by atoms with E-state index in [0.717, 1.165) is 75.5 Å². The van der Waals surface area contributed by atoms with E-state index in [9.17, 15) is 20.0 Å². The van der Waals surface area contributed by atoms with Crippen molar-refractivity contribution in [1.82, 2.24) is 0 Å². The Hall–Kier alpha value is -2.13. The van der Waals surface area contributed by atoms with Crippen LogP contribution >= 0.6 is 11.3 Å². The number of hydrogen-bond donors (Lipinski definition) is 1. The van der Waals surface area contributed by atoms with Gasteiger partial charge in [-0.05, 0) is 102 Å². The molecule has 1 heterocycles. The van der Waals surface area contributed by atoms with Crippen molar-refractivity contribution in [2.24, 2.45) is 17.3 Å². The zero-order valence-corrected chi connectivity index (χ0v) is 20.8. The molecule has 178 valence electrons. The maximum Gasteiger partial charge on any atom is 0.348 e. The number of anilines is 1. The summed E-state index contributed by atoms with van der Waals surface area (Å²) in [7, 11) is 0. The maximum atomic E-state index is 14.0. The van der Waals surface area contributed by atoms with Crippen molar-refractivity contribution < 1.29 is 14.7 Å². The van der Waals surface area contributed by atoms with Crippen LogP contribution in [-0.2, 0) is 4.79 Å². The molecule has 2 saturated carbocycles. The molecular formula is C27H36N2O3S. The first-order valence-electron chi connectivity index (χ1n) is 12.6. The van der Waals surface area contributed by atoms with Crippen molar-refractivity contribution in [1.29, 1.82) is 5.26 Å². The first kappa shape index (κ1) is 24.0. The molecule has 0 bridgehead atoms. The summed E-state index contributed by atoms with van der Waals surface area (Å²) in [5.41, 5.74) is 1.45. The van der Waals surface area contributed by atoms with Crippen molar-refractivity contribution in [3.05, 3.63) is 21.9 Å². The molecule has 3 aliphatic rings. The summed E-state index contributed by atoms with van der Waals surface area (Å²) in [5.74, 6) is -0.249. The number of carbonyl (C=O) groups excluding carboxylic acids is 1. The van der Waals surface area contributed by atoms with Crippen molar-refractivity contribution in [3.8, 4) is 6.07 Å². The summed E-state index contributed by atoms with van der Waals surface area (Å²) in [6.07, 6.45) is 13.4. The zero-order chi connectivity index (χ0) is 23.6. The number of aromatic carboxylic acids is 1. The van der Waals surface area contributed by atoms with Crippen LogP contribution in [0.2, 0.25) is 0 Å². The number of nitrogens with zero attached hydrogens (tertiary/aromatic N) is 2. The minimum absolute atomic E-state index is 0.0376. The van der Waals surface area contributed by atoms with Gasteiger partial charge in [-0.3, -0.25) is 4.79 Å². The Morgan fingerprint density at radius 1 is 1.15 bits per heavy atom. The molecule has 1 aromatic rings. The van der Waals surface area contributed by atoms with Gasteiger partial charge in [-0.25, -0.2) is 4.79 Å². The summed E-state index contributed by atoms with van der Waals surface area (Å²) in [5, 5.41) is 19.7. The Morgan fingerprint density at radius 2 is 1.85 bits per heavy atom. The first-order valence-corrected chi connectivity index (χ1v) is 13.4. The molecule has 3 aliphatic carbocycles. The minimum atomic E-state index is -0.953. The molecule has 0 saturated heterocycles. The Labute approximate surface area is 201 Å². The quantitative estimate of drug-likeness (QED) is 0.503. The van der Waals surface area contributed by atoms with E-state index in [0.29, 0.717) is 11.6 Å². The van der Waals surface area contributed by atoms with Gasteiger partial charge < -0.3 is 10.0 Å². The van der Waals surface area contributed by atoms with Gasteiger partial charge in [0.25, 0.3) is 0 Å². The van der Waals surface area contributed by atoms with E-state index < -0.39 is 5.97 Å². The summed E-state index contributed by atoms with van der Waals surface area (Å²) in [6.45, 7) is 4.24. The van der Waals surface area contributed by atoms with E-state index in [2.05, 4.69) is 19.1 Å². The Balaban J connectivity index is 1.70. The third-order valence-corrected chi connectivity index (χ3v) is 9.26. The van der Waals surface area contributed by atoms with Crippen LogP contribution in [0.1, 0.15) is 105 Å². The highest BCUT2D eigenvalue weighted by molar-refractivity contribution is 7.15. The van der Waals surface area contributed by atoms with Crippen molar-refractivity contribution in [2.75, 3.05) is 4.90 Å². The molecule has 0 unspecified atom stereocenters. The van der Waals surface area contributed by atoms with E-state index >= 15 is 0 Å². The SMILES string of the molecule is CC1CCC(C(=O)N(c2cc(C3=CCCCC3)sc2C(=O)O)C2CCC(C)(C#N)CC2)CC1. The van der Waals surface area contributed by atoms with E-state index in [1.165, 1.54) is 23.3 Å². The summed E-state index contributed by atoms with van der Waals surface area (Å²) >= 11 is 1.32. The number of thiophene rings is 1. The normalized spacial score (nSPS) is 30.2. The molecule has 0 atom stereocenters. The van der Waals surface area contributed by atoms with Crippen LogP contribution < -0.4 is 4.90 Å². The number of amides is 1. The van der Waals surface area contributed by atoms with Crippen LogP contribution in [0, 0.1) is 28.6 Å². The first-order chi connectivity index (χ1) is 15.8. The van der Waals surface area contributed by atoms with Gasteiger partial charge in [0.1, 0.15) is 4.88 Å². The topological polar surface area (TPSA) is 81.4 Å². The van der Waals surface area contributed by atoms with Crippen LogP contribution in [0.15, 0.2) is 12.1 Å². The molecule has 6 heteroatoms. The average Bonchev–Trinajstić information content (AvgIpc) is 3.27. The highest BCUT2D eigenvalue weighted by Gasteiger charge is 2.40. The molecule has 0 aromatic carbocycles. The van der Waals surface area contributed by atoms with Crippen LogP contribution in [0.25, 0.3) is 5.57 Å². The molecule has 1 N–H and O–H groups in total. The fourth-order valence-corrected chi connectivity index (χ4v) is 6.80. The summed E-state index contributed by atoms with van der Waals surface area (Å²) in [6, 6.07) is 4.39. The second-order valence-corrected chi connectivity index (χ2v) is 11.7. The standard InChI is InChI=1S/C27H36N2O3S/c1-18-8-10-20(11-9-18)25(30)29(21-12-14-27(2,17-28)15-13-21)22-16-23(33-24(22)26(31)32)19-6-4-3-5-7-19/h6,16,18,20-21H,3-5,7-15H2,1-2H3,(H,31,32). The predicted molar refractivity (Wildman–Crippen MR) is 132 cm³/mol. The van der Waals surface area contributed by atoms with E-state index in [-0.39, 0.29) is 28.2 Å². The summed E-state index contributed by atoms with van der Waals surface area (Å²) in [4.78, 5) is 29.4. The predicted octanol–water partition coefficient (Wildman–Crippen LogP) is 7.04. The fourth-order valence-electron chi connectivity index (χ4n) is 5.74. The van der Waals surface area contributed by atoms with Gasteiger partial charge in [0.15, 0.2) is 0 Å². The Bertz CT molecular complexity index is 957. The smallest absolute Gasteiger partial charge is 0.348 e. The molecule has 2 fully saturated rings. The average molecular weight is 469 g/mol. The monoisotopic (exact) mass is 468 g/mol. The van der Waals surface area contributed by atoms with Gasteiger partial charge in [0, 0.05) is 16.8 Å². The van der Waals surface area contributed by atoms with Crippen molar-refractivity contribution in [2.45, 2.75) is 96.9 Å². The van der Waals surface area contributed by atoms with Gasteiger partial charge >= 0.3 is 5.97 Å². The molecule has 0 radical (unpaired) electrons. The Kier molecular flexibility index (Phi) is 7.28. The van der Waals surface area contributed by atoms with Crippen molar-refractivity contribution >= 4 is 34.5 Å². The second kappa shape index (κ2) is 10.0. The summed E-state index contributed by atoms with van der Waals surface area (Å²) < 4.78 is 0. The number of hydrogen-bond acceptors (Lipinski definition) is 4. The molecule has 4 rings (SSSR count). The minimum Gasteiger partial charge on any atom is -0.477 e. The number of carbonyl (C=O) groups is 2. The highest BCUT2D eigenvalue weighted by atomic mass is 32.1. The second-order valence-electron chi connectivity index (χ2n) is 10.7. The Morgan fingerprint density at radius 3 is 2.42 bits per heavy atom. The molecule has 1 amide bonds. The largest absolute Gasteiger partial charge is 0.477 e. The van der Waals surface area contributed by atoms with E-state index in [1.54, 1.807) is 0 Å². The molecule has 33 heavy (non-hydrogen) atoms. The third kappa shape index (κ3) is 5.19. The third-order valence-electron chi connectivity index (χ3n) is 8.07. The van der Waals surface area contributed by atoms with E-state index in [4.69, 9.17) is 0 Å². The number of carboxylic acid groups (broad SMARTS) is 1. The maximum absolute atomic E-state index is 14.0. The van der Waals surface area contributed by atoms with Crippen LogP contribution in [0.5, 0.6) is 0 Å². The van der Waals surface area contributed by atoms with Gasteiger partial charge in [-0.2, -0.15) is 5.26 Å². The lowest BCUT2D eigenvalue weighted by Gasteiger charge is -2.41. The van der Waals surface area contributed by atoms with Crippen LogP contribution in [0.3, 0.4) is 0 Å². The number of carboxylic acids is 1. The van der Waals surface area contributed by atoms with Crippen LogP contribution in [-0.4, -0.2) is 23.0 Å². The lowest BCUT2D eigenvalue weighted by Crippen LogP contribution is -2.47.